The SMILES string of the molecule is CCOc1ccc(NC(=O)Nc2ccc(N3CCN(C(=O)c4ccccc4C)CC3)cc2)cc1. The van der Waals surface area contributed by atoms with Crippen LogP contribution in [-0.4, -0.2) is 49.6 Å². The summed E-state index contributed by atoms with van der Waals surface area (Å²) in [5.74, 6) is 0.861. The van der Waals surface area contributed by atoms with Crippen LogP contribution >= 0.6 is 0 Å². The van der Waals surface area contributed by atoms with Crippen molar-refractivity contribution in [1.82, 2.24) is 4.90 Å². The topological polar surface area (TPSA) is 73.9 Å². The molecule has 1 heterocycles. The van der Waals surface area contributed by atoms with E-state index in [1.807, 2.05) is 79.4 Å². The van der Waals surface area contributed by atoms with Crippen molar-refractivity contribution >= 4 is 29.0 Å². The third-order valence-corrected chi connectivity index (χ3v) is 5.86. The number of urea groups is 1. The van der Waals surface area contributed by atoms with Gasteiger partial charge in [-0.15, -0.1) is 0 Å². The first kappa shape index (κ1) is 23.2. The average molecular weight is 459 g/mol. The van der Waals surface area contributed by atoms with Crippen LogP contribution in [0.2, 0.25) is 0 Å². The molecule has 1 fully saturated rings. The number of benzene rings is 3. The van der Waals surface area contributed by atoms with Crippen LogP contribution in [0.5, 0.6) is 5.75 Å². The molecule has 3 aromatic carbocycles. The molecule has 3 amide bonds. The van der Waals surface area contributed by atoms with E-state index in [0.29, 0.717) is 31.1 Å². The van der Waals surface area contributed by atoms with Crippen LogP contribution in [0.25, 0.3) is 0 Å². The summed E-state index contributed by atoms with van der Waals surface area (Å²) in [4.78, 5) is 29.3. The molecule has 1 saturated heterocycles. The van der Waals surface area contributed by atoms with Crippen LogP contribution < -0.4 is 20.3 Å². The van der Waals surface area contributed by atoms with Gasteiger partial charge in [0.2, 0.25) is 0 Å². The first-order chi connectivity index (χ1) is 16.5. The lowest BCUT2D eigenvalue weighted by molar-refractivity contribution is 0.0746. The fraction of sp³-hybridized carbons (Fsp3) is 0.259. The zero-order valence-corrected chi connectivity index (χ0v) is 19.6. The summed E-state index contributed by atoms with van der Waals surface area (Å²) in [6.45, 7) is 7.39. The van der Waals surface area contributed by atoms with Gasteiger partial charge in [-0.3, -0.25) is 4.79 Å². The molecular formula is C27H30N4O3. The predicted molar refractivity (Wildman–Crippen MR) is 136 cm³/mol. The van der Waals surface area contributed by atoms with Crippen LogP contribution in [0.15, 0.2) is 72.8 Å². The highest BCUT2D eigenvalue weighted by Crippen LogP contribution is 2.21. The van der Waals surface area contributed by atoms with Crippen LogP contribution in [0.4, 0.5) is 21.9 Å². The van der Waals surface area contributed by atoms with Gasteiger partial charge in [0.25, 0.3) is 5.91 Å². The van der Waals surface area contributed by atoms with Gasteiger partial charge in [-0.1, -0.05) is 18.2 Å². The van der Waals surface area contributed by atoms with Crippen LogP contribution in [0, 0.1) is 6.92 Å². The quantitative estimate of drug-likeness (QED) is 0.545. The van der Waals surface area contributed by atoms with Crippen molar-refractivity contribution in [3.63, 3.8) is 0 Å². The van der Waals surface area contributed by atoms with Crippen molar-refractivity contribution in [1.29, 1.82) is 0 Å². The molecule has 0 atom stereocenters. The summed E-state index contributed by atoms with van der Waals surface area (Å²) < 4.78 is 5.41. The summed E-state index contributed by atoms with van der Waals surface area (Å²) in [6, 6.07) is 22.4. The highest BCUT2D eigenvalue weighted by molar-refractivity contribution is 6.00. The standard InChI is InChI=1S/C27H30N4O3/c1-3-34-24-14-10-22(11-15-24)29-27(33)28-21-8-12-23(13-9-21)30-16-18-31(19-17-30)26(32)25-7-5-4-6-20(25)2/h4-15H,3,16-19H2,1-2H3,(H2,28,29,33). The van der Waals surface area contributed by atoms with E-state index in [9.17, 15) is 9.59 Å². The summed E-state index contributed by atoms with van der Waals surface area (Å²) >= 11 is 0. The highest BCUT2D eigenvalue weighted by atomic mass is 16.5. The van der Waals surface area contributed by atoms with Gasteiger partial charge in [0.1, 0.15) is 5.75 Å². The van der Waals surface area contributed by atoms with E-state index < -0.39 is 0 Å². The summed E-state index contributed by atoms with van der Waals surface area (Å²) in [6.07, 6.45) is 0. The fourth-order valence-corrected chi connectivity index (χ4v) is 4.00. The number of carbonyl (C=O) groups is 2. The minimum Gasteiger partial charge on any atom is -0.494 e. The molecule has 4 rings (SSSR count). The molecule has 1 aliphatic heterocycles. The molecule has 7 heteroatoms. The molecule has 0 aromatic heterocycles. The minimum absolute atomic E-state index is 0.0934. The number of anilines is 3. The Balaban J connectivity index is 1.28. The van der Waals surface area contributed by atoms with E-state index in [-0.39, 0.29) is 11.9 Å². The maximum absolute atomic E-state index is 12.8. The Labute approximate surface area is 200 Å². The number of nitrogens with zero attached hydrogens (tertiary/aromatic N) is 2. The number of ether oxygens (including phenoxy) is 1. The Kier molecular flexibility index (Phi) is 7.32. The summed E-state index contributed by atoms with van der Waals surface area (Å²) in [5.41, 5.74) is 4.25. The molecule has 3 aromatic rings. The maximum atomic E-state index is 12.8. The molecule has 0 bridgehead atoms. The van der Waals surface area contributed by atoms with Gasteiger partial charge in [0, 0.05) is 48.8 Å². The summed E-state index contributed by atoms with van der Waals surface area (Å²) in [5, 5.41) is 5.67. The molecule has 176 valence electrons. The van der Waals surface area contributed by atoms with Gasteiger partial charge >= 0.3 is 6.03 Å². The monoisotopic (exact) mass is 458 g/mol. The molecule has 0 aliphatic carbocycles. The molecule has 0 unspecified atom stereocenters. The third kappa shape index (κ3) is 5.67. The zero-order chi connectivity index (χ0) is 23.9. The smallest absolute Gasteiger partial charge is 0.323 e. The molecule has 0 saturated carbocycles. The van der Waals surface area contributed by atoms with E-state index in [2.05, 4.69) is 15.5 Å². The Morgan fingerprint density at radius 1 is 0.824 bits per heavy atom. The van der Waals surface area contributed by atoms with E-state index >= 15 is 0 Å². The van der Waals surface area contributed by atoms with Gasteiger partial charge < -0.3 is 25.2 Å². The second-order valence-electron chi connectivity index (χ2n) is 8.18. The Morgan fingerprint density at radius 3 is 2.00 bits per heavy atom. The minimum atomic E-state index is -0.305. The predicted octanol–water partition coefficient (Wildman–Crippen LogP) is 5.00. The third-order valence-electron chi connectivity index (χ3n) is 5.86. The summed E-state index contributed by atoms with van der Waals surface area (Å²) in [7, 11) is 0. The van der Waals surface area contributed by atoms with E-state index in [4.69, 9.17) is 4.74 Å². The first-order valence-corrected chi connectivity index (χ1v) is 11.5. The lowest BCUT2D eigenvalue weighted by Crippen LogP contribution is -2.48. The number of piperazine rings is 1. The lowest BCUT2D eigenvalue weighted by Gasteiger charge is -2.36. The molecule has 34 heavy (non-hydrogen) atoms. The number of carbonyl (C=O) groups excluding carboxylic acids is 2. The van der Waals surface area contributed by atoms with Crippen molar-refractivity contribution < 1.29 is 14.3 Å². The van der Waals surface area contributed by atoms with Gasteiger partial charge in [-0.2, -0.15) is 0 Å². The molecule has 7 nitrogen and oxygen atoms in total. The van der Waals surface area contributed by atoms with Gasteiger partial charge in [0.05, 0.1) is 6.61 Å². The Hall–Kier alpha value is -4.00. The number of nitrogens with one attached hydrogen (secondary N) is 2. The van der Waals surface area contributed by atoms with E-state index in [1.54, 1.807) is 12.1 Å². The second-order valence-corrected chi connectivity index (χ2v) is 8.18. The number of hydrogen-bond donors (Lipinski definition) is 2. The van der Waals surface area contributed by atoms with Crippen molar-refractivity contribution in [3.05, 3.63) is 83.9 Å². The van der Waals surface area contributed by atoms with Gasteiger partial charge in [-0.05, 0) is 74.0 Å². The Bertz CT molecular complexity index is 1120. The van der Waals surface area contributed by atoms with Crippen LogP contribution in [0.3, 0.4) is 0 Å². The van der Waals surface area contributed by atoms with Crippen molar-refractivity contribution in [2.24, 2.45) is 0 Å². The van der Waals surface area contributed by atoms with Crippen LogP contribution in [-0.2, 0) is 0 Å². The largest absolute Gasteiger partial charge is 0.494 e. The number of aryl methyl sites for hydroxylation is 1. The molecule has 0 radical (unpaired) electrons. The van der Waals surface area contributed by atoms with Crippen molar-refractivity contribution in [2.75, 3.05) is 48.3 Å². The molecule has 1 aliphatic rings. The van der Waals surface area contributed by atoms with Crippen LogP contribution in [0.1, 0.15) is 22.8 Å². The first-order valence-electron chi connectivity index (χ1n) is 11.5. The molecular weight excluding hydrogens is 428 g/mol. The average Bonchev–Trinajstić information content (AvgIpc) is 2.86. The van der Waals surface area contributed by atoms with E-state index in [1.165, 1.54) is 0 Å². The van der Waals surface area contributed by atoms with Crippen molar-refractivity contribution in [3.8, 4) is 5.75 Å². The van der Waals surface area contributed by atoms with E-state index in [0.717, 1.165) is 35.7 Å². The second kappa shape index (κ2) is 10.7. The zero-order valence-electron chi connectivity index (χ0n) is 19.6. The normalized spacial score (nSPS) is 13.4. The van der Waals surface area contributed by atoms with Gasteiger partial charge in [-0.25, -0.2) is 4.79 Å². The lowest BCUT2D eigenvalue weighted by atomic mass is 10.1. The number of rotatable bonds is 6. The van der Waals surface area contributed by atoms with Crippen molar-refractivity contribution in [2.45, 2.75) is 13.8 Å². The molecule has 2 N–H and O–H groups in total. The maximum Gasteiger partial charge on any atom is 0.323 e. The van der Waals surface area contributed by atoms with Gasteiger partial charge in [0.15, 0.2) is 0 Å². The fourth-order valence-electron chi connectivity index (χ4n) is 4.00. The Morgan fingerprint density at radius 2 is 1.41 bits per heavy atom. The highest BCUT2D eigenvalue weighted by Gasteiger charge is 2.23. The molecule has 0 spiro atoms. The number of amides is 3. The number of hydrogen-bond acceptors (Lipinski definition) is 4.